The second kappa shape index (κ2) is 15.6. The van der Waals surface area contributed by atoms with E-state index >= 15 is 0 Å². The summed E-state index contributed by atoms with van der Waals surface area (Å²) in [6.07, 6.45) is 13.7. The topological polar surface area (TPSA) is 25.8 Å². The van der Waals surface area contributed by atoms with Crippen LogP contribution in [0.5, 0.6) is 0 Å². The number of aromatic nitrogens is 2. The van der Waals surface area contributed by atoms with E-state index in [1.165, 1.54) is 56.9 Å². The minimum atomic E-state index is 1.02. The van der Waals surface area contributed by atoms with Crippen LogP contribution in [0, 0.1) is 51.4 Å². The van der Waals surface area contributed by atoms with Crippen LogP contribution in [-0.2, 0) is 0 Å². The van der Waals surface area contributed by atoms with Crippen molar-refractivity contribution in [3.63, 3.8) is 0 Å². The van der Waals surface area contributed by atoms with Crippen molar-refractivity contribution in [1.29, 1.82) is 0 Å². The average molecular weight is 445 g/mol. The second-order valence-corrected chi connectivity index (χ2v) is 11.3. The number of pyridine rings is 1. The van der Waals surface area contributed by atoms with Gasteiger partial charge in [0.1, 0.15) is 0 Å². The predicted octanol–water partition coefficient (Wildman–Crippen LogP) is 9.12. The molecule has 0 radical (unpaired) electrons. The molecule has 0 bridgehead atoms. The molecule has 0 spiro atoms. The Hall–Kier alpha value is -1.22. The molecule has 0 N–H and O–H groups in total. The largest absolute Gasteiger partial charge is 0.261 e. The summed E-state index contributed by atoms with van der Waals surface area (Å²) in [6, 6.07) is 4.07. The van der Waals surface area contributed by atoms with E-state index in [0.29, 0.717) is 0 Å². The summed E-state index contributed by atoms with van der Waals surface area (Å²) in [5, 5.41) is 3.20. The SMILES string of the molecule is CC1CCC(C)CC1.CC1CCC(C)CC1.Cc1ccc(C)nc1.Cc1csc(C)n1. The molecule has 0 unspecified atom stereocenters. The van der Waals surface area contributed by atoms with E-state index in [-0.39, 0.29) is 0 Å². The minimum absolute atomic E-state index is 1.02. The summed E-state index contributed by atoms with van der Waals surface area (Å²) in [5.74, 6) is 4.08. The van der Waals surface area contributed by atoms with E-state index in [0.717, 1.165) is 40.1 Å². The zero-order valence-corrected chi connectivity index (χ0v) is 22.4. The van der Waals surface area contributed by atoms with Crippen LogP contribution in [0.1, 0.15) is 101 Å². The summed E-state index contributed by atoms with van der Waals surface area (Å²) in [7, 11) is 0. The third-order valence-electron chi connectivity index (χ3n) is 6.40. The van der Waals surface area contributed by atoms with E-state index in [4.69, 9.17) is 0 Å². The second-order valence-electron chi connectivity index (χ2n) is 10.2. The van der Waals surface area contributed by atoms with Crippen molar-refractivity contribution in [2.45, 2.75) is 107 Å². The lowest BCUT2D eigenvalue weighted by molar-refractivity contribution is 0.308. The summed E-state index contributed by atoms with van der Waals surface area (Å²) in [5.41, 5.74) is 3.42. The molecule has 0 saturated heterocycles. The van der Waals surface area contributed by atoms with Crippen LogP contribution < -0.4 is 0 Å². The Morgan fingerprint density at radius 3 is 1.26 bits per heavy atom. The fourth-order valence-corrected chi connectivity index (χ4v) is 4.46. The molecule has 2 fully saturated rings. The Bertz CT molecular complexity index is 598. The van der Waals surface area contributed by atoms with Gasteiger partial charge in [0.05, 0.1) is 5.01 Å². The Labute approximate surface area is 197 Å². The van der Waals surface area contributed by atoms with Gasteiger partial charge in [0.2, 0.25) is 0 Å². The molecule has 2 aromatic rings. The Morgan fingerprint density at radius 1 is 0.645 bits per heavy atom. The lowest BCUT2D eigenvalue weighted by Crippen LogP contribution is -2.08. The molecule has 2 saturated carbocycles. The van der Waals surface area contributed by atoms with Crippen molar-refractivity contribution >= 4 is 11.3 Å². The predicted molar refractivity (Wildman–Crippen MR) is 139 cm³/mol. The van der Waals surface area contributed by atoms with Gasteiger partial charge in [0.25, 0.3) is 0 Å². The first kappa shape index (κ1) is 27.8. The third kappa shape index (κ3) is 14.5. The van der Waals surface area contributed by atoms with Gasteiger partial charge in [-0.05, 0) is 63.0 Å². The number of thiazole rings is 1. The first-order valence-electron chi connectivity index (χ1n) is 12.4. The standard InChI is InChI=1S/2C8H16.C7H9N.C5H7NS/c2*1-7-3-5-8(2)6-4-7;1-6-3-4-7(2)8-5-6;1-4-3-7-5(2)6-4/h2*7-8H,3-6H2,1-2H3;3-5H,1-2H3;3H,1-2H3. The van der Waals surface area contributed by atoms with E-state index in [2.05, 4.69) is 49.1 Å². The van der Waals surface area contributed by atoms with Crippen LogP contribution in [-0.4, -0.2) is 9.97 Å². The molecule has 0 atom stereocenters. The maximum Gasteiger partial charge on any atom is 0.0897 e. The monoisotopic (exact) mass is 444 g/mol. The van der Waals surface area contributed by atoms with Gasteiger partial charge in [-0.15, -0.1) is 11.3 Å². The Kier molecular flexibility index (Phi) is 14.0. The van der Waals surface area contributed by atoms with E-state index in [1.807, 2.05) is 40.0 Å². The lowest BCUT2D eigenvalue weighted by atomic mass is 9.84. The molecule has 176 valence electrons. The van der Waals surface area contributed by atoms with Crippen molar-refractivity contribution in [3.05, 3.63) is 45.7 Å². The maximum absolute atomic E-state index is 4.13. The molecule has 4 rings (SSSR count). The van der Waals surface area contributed by atoms with Crippen LogP contribution in [0.2, 0.25) is 0 Å². The Balaban J connectivity index is 0.000000207. The summed E-state index contributed by atoms with van der Waals surface area (Å²) < 4.78 is 0. The fraction of sp³-hybridized carbons (Fsp3) is 0.714. The van der Waals surface area contributed by atoms with Gasteiger partial charge in [0.15, 0.2) is 0 Å². The molecule has 2 aliphatic carbocycles. The molecule has 2 nitrogen and oxygen atoms in total. The molecule has 2 aromatic heterocycles. The summed E-state index contributed by atoms with van der Waals surface area (Å²) in [4.78, 5) is 8.21. The zero-order valence-electron chi connectivity index (χ0n) is 21.6. The van der Waals surface area contributed by atoms with Crippen molar-refractivity contribution in [3.8, 4) is 0 Å². The summed E-state index contributed by atoms with van der Waals surface area (Å²) in [6.45, 7) is 17.5. The average Bonchev–Trinajstić information content (AvgIpc) is 3.13. The normalized spacial score (nSPS) is 25.0. The van der Waals surface area contributed by atoms with E-state index in [9.17, 15) is 0 Å². The van der Waals surface area contributed by atoms with Crippen LogP contribution in [0.15, 0.2) is 23.7 Å². The maximum atomic E-state index is 4.13. The lowest BCUT2D eigenvalue weighted by Gasteiger charge is -2.22. The van der Waals surface area contributed by atoms with Gasteiger partial charge < -0.3 is 0 Å². The number of hydrogen-bond donors (Lipinski definition) is 0. The number of hydrogen-bond acceptors (Lipinski definition) is 3. The minimum Gasteiger partial charge on any atom is -0.261 e. The van der Waals surface area contributed by atoms with Crippen LogP contribution >= 0.6 is 11.3 Å². The summed E-state index contributed by atoms with van der Waals surface area (Å²) >= 11 is 1.69. The number of aryl methyl sites for hydroxylation is 4. The highest BCUT2D eigenvalue weighted by Crippen LogP contribution is 2.27. The van der Waals surface area contributed by atoms with Gasteiger partial charge in [-0.2, -0.15) is 0 Å². The smallest absolute Gasteiger partial charge is 0.0897 e. The van der Waals surface area contributed by atoms with Gasteiger partial charge >= 0.3 is 0 Å². The molecule has 0 amide bonds. The highest BCUT2D eigenvalue weighted by molar-refractivity contribution is 7.09. The first-order chi connectivity index (χ1) is 14.7. The van der Waals surface area contributed by atoms with Crippen molar-refractivity contribution in [2.24, 2.45) is 23.7 Å². The highest BCUT2D eigenvalue weighted by atomic mass is 32.1. The van der Waals surface area contributed by atoms with Crippen molar-refractivity contribution < 1.29 is 0 Å². The molecule has 2 heterocycles. The number of rotatable bonds is 0. The van der Waals surface area contributed by atoms with Gasteiger partial charge in [0, 0.05) is 23.0 Å². The molecular weight excluding hydrogens is 396 g/mol. The molecule has 3 heteroatoms. The molecule has 0 aliphatic heterocycles. The van der Waals surface area contributed by atoms with Crippen LogP contribution in [0.25, 0.3) is 0 Å². The van der Waals surface area contributed by atoms with E-state index < -0.39 is 0 Å². The van der Waals surface area contributed by atoms with Crippen molar-refractivity contribution in [2.75, 3.05) is 0 Å². The third-order valence-corrected chi connectivity index (χ3v) is 7.29. The molecular formula is C28H48N2S. The van der Waals surface area contributed by atoms with Crippen LogP contribution in [0.3, 0.4) is 0 Å². The van der Waals surface area contributed by atoms with E-state index in [1.54, 1.807) is 11.3 Å². The fourth-order valence-electron chi connectivity index (χ4n) is 3.87. The van der Waals surface area contributed by atoms with Crippen LogP contribution in [0.4, 0.5) is 0 Å². The Morgan fingerprint density at radius 2 is 1.06 bits per heavy atom. The quantitative estimate of drug-likeness (QED) is 0.405. The molecule has 31 heavy (non-hydrogen) atoms. The van der Waals surface area contributed by atoms with Gasteiger partial charge in [-0.1, -0.05) is 85.1 Å². The van der Waals surface area contributed by atoms with Crippen molar-refractivity contribution in [1.82, 2.24) is 9.97 Å². The zero-order chi connectivity index (χ0) is 23.2. The highest BCUT2D eigenvalue weighted by Gasteiger charge is 2.13. The molecule has 0 aromatic carbocycles. The first-order valence-corrected chi connectivity index (χ1v) is 13.3. The van der Waals surface area contributed by atoms with Gasteiger partial charge in [-0.3, -0.25) is 4.98 Å². The van der Waals surface area contributed by atoms with Gasteiger partial charge in [-0.25, -0.2) is 4.98 Å². The molecule has 2 aliphatic rings. The number of nitrogens with zero attached hydrogens (tertiary/aromatic N) is 2.